The molecular formula is C15H16FN3O2. The maximum absolute atomic E-state index is 14.1. The predicted octanol–water partition coefficient (Wildman–Crippen LogP) is 2.55. The largest absolute Gasteiger partial charge is 0.497 e. The number of halogens is 1. The van der Waals surface area contributed by atoms with Crippen LogP contribution in [0.1, 0.15) is 10.4 Å². The fraction of sp³-hybridized carbons (Fsp3) is 0.200. The zero-order valence-corrected chi connectivity index (χ0v) is 12.1. The number of methoxy groups -OCH3 is 1. The Bertz CT molecular complexity index is 644. The molecule has 0 aliphatic heterocycles. The summed E-state index contributed by atoms with van der Waals surface area (Å²) >= 11 is 0. The number of rotatable bonds is 4. The van der Waals surface area contributed by atoms with Crippen LogP contribution in [0, 0.1) is 5.82 Å². The molecule has 0 bridgehead atoms. The van der Waals surface area contributed by atoms with Crippen LogP contribution >= 0.6 is 0 Å². The number of anilines is 2. The second-order valence-electron chi connectivity index (χ2n) is 4.33. The van der Waals surface area contributed by atoms with Gasteiger partial charge in [-0.25, -0.2) is 9.37 Å². The Morgan fingerprint density at radius 3 is 2.52 bits per heavy atom. The minimum atomic E-state index is -0.662. The fourth-order valence-electron chi connectivity index (χ4n) is 1.89. The van der Waals surface area contributed by atoms with Crippen molar-refractivity contribution in [1.29, 1.82) is 0 Å². The number of hydrogen-bond donors (Lipinski definition) is 1. The van der Waals surface area contributed by atoms with E-state index < -0.39 is 11.7 Å². The van der Waals surface area contributed by atoms with Crippen molar-refractivity contribution in [2.75, 3.05) is 31.4 Å². The highest BCUT2D eigenvalue weighted by Crippen LogP contribution is 2.22. The highest BCUT2D eigenvalue weighted by Gasteiger charge is 2.20. The molecule has 5 nitrogen and oxygen atoms in total. The number of hydrogen-bond acceptors (Lipinski definition) is 4. The van der Waals surface area contributed by atoms with Crippen molar-refractivity contribution in [3.05, 3.63) is 47.9 Å². The van der Waals surface area contributed by atoms with E-state index in [1.54, 1.807) is 45.5 Å². The maximum Gasteiger partial charge on any atom is 0.261 e. The quantitative estimate of drug-likeness (QED) is 0.940. The smallest absolute Gasteiger partial charge is 0.261 e. The molecule has 0 saturated carbocycles. The van der Waals surface area contributed by atoms with Gasteiger partial charge < -0.3 is 15.0 Å². The molecule has 2 aromatic rings. The number of nitrogens with zero attached hydrogens (tertiary/aromatic N) is 2. The summed E-state index contributed by atoms with van der Waals surface area (Å²) < 4.78 is 19.2. The summed E-state index contributed by atoms with van der Waals surface area (Å²) in [5.41, 5.74) is 0.607. The molecule has 110 valence electrons. The van der Waals surface area contributed by atoms with Crippen molar-refractivity contribution >= 4 is 17.4 Å². The average Bonchev–Trinajstić information content (AvgIpc) is 2.54. The first-order chi connectivity index (χ1) is 10.1. The van der Waals surface area contributed by atoms with E-state index in [0.717, 1.165) is 0 Å². The normalized spacial score (nSPS) is 10.1. The van der Waals surface area contributed by atoms with Gasteiger partial charge >= 0.3 is 0 Å². The van der Waals surface area contributed by atoms with Gasteiger partial charge in [0.1, 0.15) is 5.75 Å². The van der Waals surface area contributed by atoms with E-state index >= 15 is 0 Å². The van der Waals surface area contributed by atoms with Crippen LogP contribution in [0.2, 0.25) is 0 Å². The minimum absolute atomic E-state index is 0.0346. The van der Waals surface area contributed by atoms with Crippen molar-refractivity contribution in [2.45, 2.75) is 0 Å². The molecule has 2 rings (SSSR count). The Labute approximate surface area is 122 Å². The molecule has 0 aliphatic carbocycles. The minimum Gasteiger partial charge on any atom is -0.497 e. The van der Waals surface area contributed by atoms with Gasteiger partial charge in [-0.1, -0.05) is 0 Å². The molecule has 0 spiro atoms. The summed E-state index contributed by atoms with van der Waals surface area (Å²) in [4.78, 5) is 17.6. The van der Waals surface area contributed by atoms with Gasteiger partial charge in [0, 0.05) is 26.0 Å². The van der Waals surface area contributed by atoms with Gasteiger partial charge in [0.15, 0.2) is 11.6 Å². The van der Waals surface area contributed by atoms with Gasteiger partial charge in [-0.05, 0) is 30.3 Å². The van der Waals surface area contributed by atoms with E-state index in [-0.39, 0.29) is 11.4 Å². The van der Waals surface area contributed by atoms with Crippen molar-refractivity contribution in [1.82, 2.24) is 4.98 Å². The van der Waals surface area contributed by atoms with Gasteiger partial charge in [0.25, 0.3) is 5.91 Å². The van der Waals surface area contributed by atoms with E-state index in [1.807, 2.05) is 0 Å². The molecule has 1 heterocycles. The summed E-state index contributed by atoms with van der Waals surface area (Å²) in [6.45, 7) is 0. The number of nitrogens with one attached hydrogen (secondary N) is 1. The van der Waals surface area contributed by atoms with Crippen LogP contribution in [0.5, 0.6) is 5.75 Å². The summed E-state index contributed by atoms with van der Waals surface area (Å²) in [5, 5.41) is 2.61. The second-order valence-corrected chi connectivity index (χ2v) is 4.33. The average molecular weight is 289 g/mol. The van der Waals surface area contributed by atoms with Gasteiger partial charge in [-0.2, -0.15) is 0 Å². The Morgan fingerprint density at radius 2 is 1.95 bits per heavy atom. The molecule has 1 N–H and O–H groups in total. The first kappa shape index (κ1) is 14.8. The molecule has 1 aromatic carbocycles. The van der Waals surface area contributed by atoms with E-state index in [0.29, 0.717) is 11.4 Å². The highest BCUT2D eigenvalue weighted by molar-refractivity contribution is 6.06. The molecular weight excluding hydrogens is 273 g/mol. The van der Waals surface area contributed by atoms with Crippen LogP contribution in [0.25, 0.3) is 0 Å². The van der Waals surface area contributed by atoms with E-state index in [1.165, 1.54) is 17.2 Å². The van der Waals surface area contributed by atoms with Crippen LogP contribution in [0.4, 0.5) is 15.9 Å². The lowest BCUT2D eigenvalue weighted by molar-refractivity contribution is 0.0989. The van der Waals surface area contributed by atoms with Crippen LogP contribution in [0.15, 0.2) is 36.5 Å². The van der Waals surface area contributed by atoms with Gasteiger partial charge in [-0.15, -0.1) is 0 Å². The third-order valence-electron chi connectivity index (χ3n) is 3.12. The van der Waals surface area contributed by atoms with Crippen molar-refractivity contribution < 1.29 is 13.9 Å². The zero-order chi connectivity index (χ0) is 15.4. The van der Waals surface area contributed by atoms with Crippen LogP contribution in [0.3, 0.4) is 0 Å². The van der Waals surface area contributed by atoms with Crippen LogP contribution < -0.4 is 15.0 Å². The number of ether oxygens (including phenoxy) is 1. The van der Waals surface area contributed by atoms with Crippen molar-refractivity contribution in [3.63, 3.8) is 0 Å². The molecule has 0 aliphatic rings. The van der Waals surface area contributed by atoms with E-state index in [2.05, 4.69) is 10.3 Å². The predicted molar refractivity (Wildman–Crippen MR) is 79.5 cm³/mol. The molecule has 0 saturated heterocycles. The highest BCUT2D eigenvalue weighted by atomic mass is 19.1. The molecule has 0 radical (unpaired) electrons. The van der Waals surface area contributed by atoms with Crippen LogP contribution in [-0.2, 0) is 0 Å². The summed E-state index contributed by atoms with van der Waals surface area (Å²) in [6.07, 6.45) is 1.39. The van der Waals surface area contributed by atoms with E-state index in [9.17, 15) is 9.18 Å². The van der Waals surface area contributed by atoms with Crippen molar-refractivity contribution in [2.24, 2.45) is 0 Å². The summed E-state index contributed by atoms with van der Waals surface area (Å²) in [6, 6.07) is 8.30. The summed E-state index contributed by atoms with van der Waals surface area (Å²) in [5.74, 6) is -0.377. The molecule has 0 fully saturated rings. The number of carbonyl (C=O) groups is 1. The number of carbonyl (C=O) groups excluding carboxylic acids is 1. The monoisotopic (exact) mass is 289 g/mol. The fourth-order valence-corrected chi connectivity index (χ4v) is 1.89. The number of amides is 1. The Morgan fingerprint density at radius 1 is 1.29 bits per heavy atom. The van der Waals surface area contributed by atoms with Gasteiger partial charge in [0.05, 0.1) is 12.7 Å². The topological polar surface area (TPSA) is 54.5 Å². The maximum atomic E-state index is 14.1. The SMILES string of the molecule is CNc1nccc(C(=O)N(C)c2ccc(OC)cc2)c1F. The van der Waals surface area contributed by atoms with Gasteiger partial charge in [-0.3, -0.25) is 4.79 Å². The lowest BCUT2D eigenvalue weighted by Crippen LogP contribution is -2.27. The third-order valence-corrected chi connectivity index (χ3v) is 3.12. The number of benzene rings is 1. The first-order valence-corrected chi connectivity index (χ1v) is 6.33. The molecule has 6 heteroatoms. The molecule has 1 amide bonds. The van der Waals surface area contributed by atoms with Crippen molar-refractivity contribution in [3.8, 4) is 5.75 Å². The van der Waals surface area contributed by atoms with E-state index in [4.69, 9.17) is 4.74 Å². The molecule has 0 unspecified atom stereocenters. The lowest BCUT2D eigenvalue weighted by atomic mass is 10.2. The van der Waals surface area contributed by atoms with Crippen LogP contribution in [-0.4, -0.2) is 32.1 Å². The first-order valence-electron chi connectivity index (χ1n) is 6.33. The second kappa shape index (κ2) is 6.21. The Balaban J connectivity index is 2.30. The zero-order valence-electron chi connectivity index (χ0n) is 12.1. The molecule has 0 atom stereocenters. The summed E-state index contributed by atoms with van der Waals surface area (Å²) in [7, 11) is 4.70. The van der Waals surface area contributed by atoms with Gasteiger partial charge in [0.2, 0.25) is 0 Å². The Kier molecular flexibility index (Phi) is 4.37. The number of pyridine rings is 1. The Hall–Kier alpha value is -2.63. The molecule has 21 heavy (non-hydrogen) atoms. The number of aromatic nitrogens is 1. The molecule has 1 aromatic heterocycles. The standard InChI is InChI=1S/C15H16FN3O2/c1-17-14-13(16)12(8-9-18-14)15(20)19(2)10-4-6-11(21-3)7-5-10/h4-9H,1-3H3,(H,17,18). The third kappa shape index (κ3) is 2.94. The lowest BCUT2D eigenvalue weighted by Gasteiger charge is -2.18.